The van der Waals surface area contributed by atoms with E-state index in [9.17, 15) is 0 Å². The molecule has 2 aromatic heterocycles. The van der Waals surface area contributed by atoms with Crippen molar-refractivity contribution >= 4 is 48.6 Å². The number of nitrogens with zero attached hydrogens (tertiary/aromatic N) is 2. The fourth-order valence-corrected chi connectivity index (χ4v) is 7.88. The normalized spacial score (nSPS) is 14.4. The number of pyridine rings is 1. The van der Waals surface area contributed by atoms with E-state index in [2.05, 4.69) is 90.5 Å². The van der Waals surface area contributed by atoms with Crippen LogP contribution in [0.25, 0.3) is 31.4 Å². The Morgan fingerprint density at radius 3 is 2.33 bits per heavy atom. The summed E-state index contributed by atoms with van der Waals surface area (Å²) in [6.07, 6.45) is 0.489. The van der Waals surface area contributed by atoms with Gasteiger partial charge in [-0.1, -0.05) is 86.6 Å². The zero-order valence-electron chi connectivity index (χ0n) is 24.0. The zero-order chi connectivity index (χ0) is 29.1. The highest BCUT2D eigenvalue weighted by molar-refractivity contribution is 7.25. The first kappa shape index (κ1) is 25.9. The van der Waals surface area contributed by atoms with Gasteiger partial charge in [0.15, 0.2) is 6.17 Å². The van der Waals surface area contributed by atoms with Crippen LogP contribution in [0.5, 0.6) is 0 Å². The summed E-state index contributed by atoms with van der Waals surface area (Å²) in [6.45, 7) is 4.66. The highest BCUT2D eigenvalue weighted by atomic mass is 32.1. The molecule has 1 aliphatic heterocycles. The van der Waals surface area contributed by atoms with Crippen molar-refractivity contribution < 1.29 is 4.39 Å². The molecule has 0 N–H and O–H groups in total. The lowest BCUT2D eigenvalue weighted by molar-refractivity contribution is 0.402. The van der Waals surface area contributed by atoms with Crippen LogP contribution in [0.2, 0.25) is 0 Å². The maximum Gasteiger partial charge on any atom is 0.150 e. The first-order valence-electron chi connectivity index (χ1n) is 14.6. The number of thiophene rings is 1. The van der Waals surface area contributed by atoms with Crippen LogP contribution < -0.4 is 4.90 Å². The van der Waals surface area contributed by atoms with Gasteiger partial charge in [-0.2, -0.15) is 0 Å². The Morgan fingerprint density at radius 2 is 1.47 bits per heavy atom. The van der Waals surface area contributed by atoms with Crippen LogP contribution in [-0.2, 0) is 5.41 Å². The summed E-state index contributed by atoms with van der Waals surface area (Å²) in [5.41, 5.74) is 8.55. The highest BCUT2D eigenvalue weighted by Gasteiger charge is 2.39. The van der Waals surface area contributed by atoms with Crippen LogP contribution >= 0.6 is 11.3 Å². The summed E-state index contributed by atoms with van der Waals surface area (Å²) in [7, 11) is 0. The number of hydrogen-bond donors (Lipinski definition) is 0. The minimum Gasteiger partial charge on any atom is -0.310 e. The van der Waals surface area contributed by atoms with Crippen LogP contribution in [-0.4, -0.2) is 4.98 Å². The number of hydrogen-bond acceptors (Lipinski definition) is 3. The SMILES string of the molecule is CC1(C)c2ccccc2N(c2cccc(C(F)c3cccc(-c4ccccn4)c3)c2)c2ccc3sc4ccccc4c3c21. The van der Waals surface area contributed by atoms with E-state index in [1.165, 1.54) is 31.3 Å². The number of benzene rings is 5. The van der Waals surface area contributed by atoms with E-state index >= 15 is 4.39 Å². The Labute approximate surface area is 254 Å². The van der Waals surface area contributed by atoms with Crippen molar-refractivity contribution in [3.63, 3.8) is 0 Å². The summed E-state index contributed by atoms with van der Waals surface area (Å²) < 4.78 is 18.9. The summed E-state index contributed by atoms with van der Waals surface area (Å²) in [5, 5.41) is 2.60. The van der Waals surface area contributed by atoms with E-state index < -0.39 is 6.17 Å². The van der Waals surface area contributed by atoms with Gasteiger partial charge < -0.3 is 4.90 Å². The number of halogens is 1. The van der Waals surface area contributed by atoms with Gasteiger partial charge in [0.05, 0.1) is 17.1 Å². The molecule has 4 heteroatoms. The molecule has 5 aromatic carbocycles. The standard InChI is InChI=1S/C39H29FN2S/c1-39(2)30-16-4-5-18-32(30)42(33-20-21-35-36(37(33)39)29-15-3-6-19-34(29)43-35)28-14-10-13-27(24-28)38(40)26-12-9-11-25(23-26)31-17-7-8-22-41-31/h3-24,38H,1-2H3. The predicted molar refractivity (Wildman–Crippen MR) is 179 cm³/mol. The van der Waals surface area contributed by atoms with Gasteiger partial charge in [0.25, 0.3) is 0 Å². The summed E-state index contributed by atoms with van der Waals surface area (Å²) in [4.78, 5) is 6.78. The second-order valence-corrected chi connectivity index (χ2v) is 12.8. The minimum atomic E-state index is -1.28. The molecule has 0 aliphatic carbocycles. The second-order valence-electron chi connectivity index (χ2n) is 11.7. The molecule has 0 amide bonds. The predicted octanol–water partition coefficient (Wildman–Crippen LogP) is 11.3. The Kier molecular flexibility index (Phi) is 5.95. The number of aromatic nitrogens is 1. The number of rotatable bonds is 4. The van der Waals surface area contributed by atoms with Crippen LogP contribution in [0, 0.1) is 0 Å². The molecule has 7 aromatic rings. The van der Waals surface area contributed by atoms with Gasteiger partial charge in [0, 0.05) is 43.0 Å². The van der Waals surface area contributed by atoms with Crippen molar-refractivity contribution in [2.75, 3.05) is 4.90 Å². The van der Waals surface area contributed by atoms with E-state index in [-0.39, 0.29) is 5.41 Å². The smallest absolute Gasteiger partial charge is 0.150 e. The van der Waals surface area contributed by atoms with Gasteiger partial charge in [0.1, 0.15) is 0 Å². The van der Waals surface area contributed by atoms with Gasteiger partial charge >= 0.3 is 0 Å². The Balaban J connectivity index is 1.29. The van der Waals surface area contributed by atoms with Crippen LogP contribution in [0.4, 0.5) is 21.5 Å². The fourth-order valence-electron chi connectivity index (χ4n) is 6.77. The summed E-state index contributed by atoms with van der Waals surface area (Å²) in [5.74, 6) is 0. The molecule has 2 nitrogen and oxygen atoms in total. The molecule has 43 heavy (non-hydrogen) atoms. The molecule has 0 saturated carbocycles. The molecule has 0 fully saturated rings. The molecule has 1 aliphatic rings. The molecule has 1 unspecified atom stereocenters. The second kappa shape index (κ2) is 9.89. The zero-order valence-corrected chi connectivity index (χ0v) is 24.8. The molecular weight excluding hydrogens is 548 g/mol. The van der Waals surface area contributed by atoms with Gasteiger partial charge in [-0.25, -0.2) is 4.39 Å². The molecule has 3 heterocycles. The third kappa shape index (κ3) is 4.09. The molecule has 0 radical (unpaired) electrons. The van der Waals surface area contributed by atoms with Crippen LogP contribution in [0.15, 0.2) is 134 Å². The summed E-state index contributed by atoms with van der Waals surface area (Å²) in [6, 6.07) is 43.2. The van der Waals surface area contributed by atoms with Gasteiger partial charge in [-0.3, -0.25) is 4.98 Å². The lowest BCUT2D eigenvalue weighted by Crippen LogP contribution is -2.30. The topological polar surface area (TPSA) is 16.1 Å². The fraction of sp³-hybridized carbons (Fsp3) is 0.103. The first-order valence-corrected chi connectivity index (χ1v) is 15.4. The van der Waals surface area contributed by atoms with E-state index in [4.69, 9.17) is 0 Å². The average molecular weight is 577 g/mol. The molecule has 8 rings (SSSR count). The largest absolute Gasteiger partial charge is 0.310 e. The van der Waals surface area contributed by atoms with Crippen molar-refractivity contribution in [1.29, 1.82) is 0 Å². The van der Waals surface area contributed by atoms with Crippen LogP contribution in [0.1, 0.15) is 42.3 Å². The Hall–Kier alpha value is -4.80. The van der Waals surface area contributed by atoms with Gasteiger partial charge in [-0.15, -0.1) is 11.3 Å². The monoisotopic (exact) mass is 576 g/mol. The van der Waals surface area contributed by atoms with Gasteiger partial charge in [-0.05, 0) is 76.9 Å². The minimum absolute atomic E-state index is 0.224. The number of alkyl halides is 1. The molecule has 0 bridgehead atoms. The third-order valence-electron chi connectivity index (χ3n) is 8.77. The van der Waals surface area contributed by atoms with E-state index in [1.54, 1.807) is 6.20 Å². The average Bonchev–Trinajstić information content (AvgIpc) is 3.44. The van der Waals surface area contributed by atoms with Crippen molar-refractivity contribution in [2.24, 2.45) is 0 Å². The maximum absolute atomic E-state index is 16.3. The maximum atomic E-state index is 16.3. The van der Waals surface area contributed by atoms with Gasteiger partial charge in [0.2, 0.25) is 0 Å². The Bertz CT molecular complexity index is 2150. The van der Waals surface area contributed by atoms with Crippen molar-refractivity contribution in [1.82, 2.24) is 4.98 Å². The molecule has 0 spiro atoms. The van der Waals surface area contributed by atoms with E-state index in [0.717, 1.165) is 28.3 Å². The van der Waals surface area contributed by atoms with E-state index in [0.29, 0.717) is 11.1 Å². The lowest BCUT2D eigenvalue weighted by Gasteiger charge is -2.42. The third-order valence-corrected chi connectivity index (χ3v) is 9.90. The van der Waals surface area contributed by atoms with Crippen molar-refractivity contribution in [2.45, 2.75) is 25.4 Å². The van der Waals surface area contributed by atoms with Crippen molar-refractivity contribution in [3.05, 3.63) is 156 Å². The number of anilines is 3. The van der Waals surface area contributed by atoms with E-state index in [1.807, 2.05) is 72.0 Å². The van der Waals surface area contributed by atoms with Crippen molar-refractivity contribution in [3.8, 4) is 11.3 Å². The lowest BCUT2D eigenvalue weighted by atomic mass is 9.72. The quantitative estimate of drug-likeness (QED) is 0.207. The molecule has 208 valence electrons. The molecule has 1 atom stereocenters. The molecular formula is C39H29FN2S. The summed E-state index contributed by atoms with van der Waals surface area (Å²) >= 11 is 1.84. The highest BCUT2D eigenvalue weighted by Crippen LogP contribution is 2.55. The number of para-hydroxylation sites is 1. The van der Waals surface area contributed by atoms with Crippen LogP contribution in [0.3, 0.4) is 0 Å². The molecule has 0 saturated heterocycles. The first-order chi connectivity index (χ1) is 21.0. The number of fused-ring (bicyclic) bond motifs is 6. The Morgan fingerprint density at radius 1 is 0.698 bits per heavy atom.